The third-order valence-corrected chi connectivity index (χ3v) is 2.96. The molecule has 0 aliphatic carbocycles. The number of benzene rings is 1. The number of hydrogen-bond donors (Lipinski definition) is 2. The van der Waals surface area contributed by atoms with Crippen molar-refractivity contribution < 1.29 is 106 Å². The average molecular weight is 428 g/mol. The maximum atomic E-state index is 12.7. The van der Waals surface area contributed by atoms with E-state index in [4.69, 9.17) is 29.1 Å². The molecular formula is C14H14F3Na2O7P. The fraction of sp³-hybridized carbons (Fsp3) is 0.357. The number of aliphatic carboxylic acids is 1. The number of fused-ring (bicyclic) bond motifs is 1. The number of carbonyl (C=O) groups is 1. The first-order valence-electron chi connectivity index (χ1n) is 6.67. The first kappa shape index (κ1) is 29.3. The molecule has 0 radical (unpaired) electrons. The van der Waals surface area contributed by atoms with Crippen molar-refractivity contribution in [2.45, 2.75) is 32.0 Å². The van der Waals surface area contributed by atoms with E-state index in [0.717, 1.165) is 18.2 Å². The molecule has 140 valence electrons. The molecule has 0 aromatic heterocycles. The van der Waals surface area contributed by atoms with Crippen LogP contribution in [0.25, 0.3) is 5.57 Å². The second-order valence-corrected chi connectivity index (χ2v) is 6.66. The van der Waals surface area contributed by atoms with Crippen LogP contribution in [0.5, 0.6) is 5.75 Å². The van der Waals surface area contributed by atoms with Crippen LogP contribution in [-0.4, -0.2) is 21.6 Å². The van der Waals surface area contributed by atoms with E-state index in [1.54, 1.807) is 13.8 Å². The Balaban J connectivity index is 0. The first-order valence-corrected chi connectivity index (χ1v) is 8.17. The van der Waals surface area contributed by atoms with E-state index in [1.165, 1.54) is 6.07 Å². The van der Waals surface area contributed by atoms with Crippen LogP contribution in [-0.2, 0) is 15.5 Å². The fourth-order valence-corrected chi connectivity index (χ4v) is 2.21. The summed E-state index contributed by atoms with van der Waals surface area (Å²) < 4.78 is 52.3. The third kappa shape index (κ3) is 11.0. The van der Waals surface area contributed by atoms with Crippen molar-refractivity contribution in [3.05, 3.63) is 35.4 Å². The molecule has 0 spiro atoms. The van der Waals surface area contributed by atoms with Gasteiger partial charge in [0.25, 0.3) is 0 Å². The molecule has 1 aliphatic heterocycles. The Bertz CT molecular complexity index is 736. The van der Waals surface area contributed by atoms with E-state index < -0.39 is 31.1 Å². The van der Waals surface area contributed by atoms with Crippen LogP contribution in [0.15, 0.2) is 24.3 Å². The summed E-state index contributed by atoms with van der Waals surface area (Å²) in [4.78, 5) is 35.1. The van der Waals surface area contributed by atoms with Gasteiger partial charge >= 0.3 is 71.3 Å². The molecule has 1 aromatic rings. The molecular weight excluding hydrogens is 414 g/mol. The Morgan fingerprint density at radius 2 is 1.78 bits per heavy atom. The quantitative estimate of drug-likeness (QED) is 0.262. The van der Waals surface area contributed by atoms with Crippen molar-refractivity contribution in [1.29, 1.82) is 0 Å². The van der Waals surface area contributed by atoms with Gasteiger partial charge in [0.2, 0.25) is 0 Å². The predicted octanol–water partition coefficient (Wildman–Crippen LogP) is -4.45. The van der Waals surface area contributed by atoms with Gasteiger partial charge in [-0.3, -0.25) is 0 Å². The molecule has 0 atom stereocenters. The molecule has 7 nitrogen and oxygen atoms in total. The summed E-state index contributed by atoms with van der Waals surface area (Å²) in [5.41, 5.74) is -0.723. The predicted molar refractivity (Wildman–Crippen MR) is 76.2 cm³/mol. The normalized spacial score (nSPS) is 16.5. The molecule has 0 amide bonds. The van der Waals surface area contributed by atoms with Crippen LogP contribution in [0.4, 0.5) is 13.2 Å². The number of carboxylic acids is 1. The number of ether oxygens (including phenoxy) is 1. The minimum Gasteiger partial charge on any atom is -0.790 e. The van der Waals surface area contributed by atoms with E-state index in [1.807, 2.05) is 0 Å². The Hall–Kier alpha value is 0.130. The molecule has 1 aromatic carbocycles. The standard InChI is InChI=1S/C14H13F3O3.2Na.H3O4P/c1-13(2)7-8(5-12(18)19)10-4-3-9(14(15,16)17)6-11(10)20-13;;;1-5(2,3)4/h3-6H,7H2,1-2H3,(H,18,19);;;(H3,1,2,3,4)/q;2*+1;/p-2. The van der Waals surface area contributed by atoms with Gasteiger partial charge in [0.1, 0.15) is 11.4 Å². The summed E-state index contributed by atoms with van der Waals surface area (Å²) in [6.45, 7) is 3.40. The second-order valence-electron chi connectivity index (χ2n) is 5.72. The van der Waals surface area contributed by atoms with E-state index >= 15 is 0 Å². The molecule has 1 aliphatic rings. The van der Waals surface area contributed by atoms with Crippen LogP contribution < -0.4 is 73.6 Å². The van der Waals surface area contributed by atoms with Crippen molar-refractivity contribution in [2.24, 2.45) is 0 Å². The summed E-state index contributed by atoms with van der Waals surface area (Å²) in [5.74, 6) is -1.08. The van der Waals surface area contributed by atoms with Gasteiger partial charge in [-0.15, -0.1) is 0 Å². The average Bonchev–Trinajstić information content (AvgIpc) is 2.32. The topological polar surface area (TPSA) is 130 Å². The fourth-order valence-electron chi connectivity index (χ4n) is 2.21. The Kier molecular flexibility index (Phi) is 11.7. The van der Waals surface area contributed by atoms with Gasteiger partial charge in [-0.2, -0.15) is 13.2 Å². The maximum absolute atomic E-state index is 12.7. The van der Waals surface area contributed by atoms with Gasteiger partial charge in [0.15, 0.2) is 0 Å². The van der Waals surface area contributed by atoms with Gasteiger partial charge < -0.3 is 29.1 Å². The number of phosphoric acid groups is 1. The molecule has 13 heteroatoms. The van der Waals surface area contributed by atoms with Crippen LogP contribution >= 0.6 is 7.82 Å². The van der Waals surface area contributed by atoms with E-state index in [2.05, 4.69) is 0 Å². The molecule has 0 unspecified atom stereocenters. The van der Waals surface area contributed by atoms with Crippen molar-refractivity contribution >= 4 is 19.4 Å². The number of halogens is 3. The molecule has 27 heavy (non-hydrogen) atoms. The molecule has 0 saturated carbocycles. The molecule has 2 rings (SSSR count). The van der Waals surface area contributed by atoms with E-state index in [0.29, 0.717) is 17.6 Å². The smallest absolute Gasteiger partial charge is 0.790 e. The van der Waals surface area contributed by atoms with E-state index in [9.17, 15) is 18.0 Å². The Morgan fingerprint density at radius 1 is 1.30 bits per heavy atom. The largest absolute Gasteiger partial charge is 1.00 e. The summed E-state index contributed by atoms with van der Waals surface area (Å²) in [6.07, 6.45) is -3.13. The molecule has 0 saturated heterocycles. The maximum Gasteiger partial charge on any atom is 1.00 e. The molecule has 2 N–H and O–H groups in total. The molecule has 0 bridgehead atoms. The van der Waals surface area contributed by atoms with Crippen molar-refractivity contribution in [3.63, 3.8) is 0 Å². The SMILES string of the molecule is CC1(C)CC(=CC(=O)O)c2ccc(C(F)(F)F)cc2O1.O=P([O-])([O-])O.[Na+].[Na+]. The van der Waals surface area contributed by atoms with Crippen LogP contribution in [0.2, 0.25) is 0 Å². The Morgan fingerprint density at radius 3 is 2.19 bits per heavy atom. The van der Waals surface area contributed by atoms with Crippen molar-refractivity contribution in [3.8, 4) is 5.75 Å². The van der Waals surface area contributed by atoms with Gasteiger partial charge in [0, 0.05) is 18.1 Å². The summed E-state index contributed by atoms with van der Waals surface area (Å²) >= 11 is 0. The van der Waals surface area contributed by atoms with Gasteiger partial charge in [0.05, 0.1) is 13.4 Å². The number of alkyl halides is 3. The molecule has 0 fully saturated rings. The van der Waals surface area contributed by atoms with Gasteiger partial charge in [-0.1, -0.05) is 6.07 Å². The second kappa shape index (κ2) is 10.8. The molecule has 1 heterocycles. The van der Waals surface area contributed by atoms with Crippen LogP contribution in [0, 0.1) is 0 Å². The van der Waals surface area contributed by atoms with Crippen molar-refractivity contribution in [2.75, 3.05) is 0 Å². The Labute approximate surface area is 197 Å². The number of rotatable bonds is 1. The minimum absolute atomic E-state index is 0. The van der Waals surface area contributed by atoms with Crippen molar-refractivity contribution in [1.82, 2.24) is 0 Å². The van der Waals surface area contributed by atoms with Gasteiger partial charge in [-0.05, 0) is 31.6 Å². The van der Waals surface area contributed by atoms with Crippen LogP contribution in [0.3, 0.4) is 0 Å². The third-order valence-electron chi connectivity index (χ3n) is 2.96. The number of hydrogen-bond acceptors (Lipinski definition) is 5. The van der Waals surface area contributed by atoms with Gasteiger partial charge in [-0.25, -0.2) is 4.79 Å². The zero-order chi connectivity index (χ0) is 19.6. The van der Waals surface area contributed by atoms with E-state index in [-0.39, 0.29) is 64.9 Å². The first-order chi connectivity index (χ1) is 11.1. The summed E-state index contributed by atoms with van der Waals surface area (Å²) in [7, 11) is -5.14. The summed E-state index contributed by atoms with van der Waals surface area (Å²) in [5, 5.41) is 8.85. The summed E-state index contributed by atoms with van der Waals surface area (Å²) in [6, 6.07) is 3.09. The number of carboxylic acid groups (broad SMARTS) is 1. The zero-order valence-corrected chi connectivity index (χ0v) is 19.9. The monoisotopic (exact) mass is 428 g/mol. The minimum atomic E-state index is -5.14. The van der Waals surface area contributed by atoms with Crippen LogP contribution in [0.1, 0.15) is 31.4 Å². The zero-order valence-electron chi connectivity index (χ0n) is 15.0.